The monoisotopic (exact) mass is 377 g/mol. The number of benzene rings is 2. The smallest absolute Gasteiger partial charge is 0.261 e. The van der Waals surface area contributed by atoms with E-state index in [9.17, 15) is 9.59 Å². The Morgan fingerprint density at radius 2 is 1.96 bits per heavy atom. The Morgan fingerprint density at radius 1 is 1.21 bits per heavy atom. The Bertz CT molecular complexity index is 1290. The summed E-state index contributed by atoms with van der Waals surface area (Å²) in [6.07, 6.45) is -0.783. The lowest BCUT2D eigenvalue weighted by Gasteiger charge is -2.16. The van der Waals surface area contributed by atoms with E-state index >= 15 is 0 Å². The summed E-state index contributed by atoms with van der Waals surface area (Å²) in [7, 11) is 0. The number of ether oxygens (including phenoxy) is 1. The molecule has 4 rings (SSSR count). The number of pyridine rings is 1. The Labute approximate surface area is 159 Å². The molecular formula is C20H19N5O3. The van der Waals surface area contributed by atoms with Gasteiger partial charge in [-0.2, -0.15) is 5.10 Å². The summed E-state index contributed by atoms with van der Waals surface area (Å²) in [6.45, 7) is 3.41. The molecule has 142 valence electrons. The van der Waals surface area contributed by atoms with Gasteiger partial charge in [-0.1, -0.05) is 24.3 Å². The number of primary amides is 1. The minimum atomic E-state index is -0.783. The van der Waals surface area contributed by atoms with Gasteiger partial charge in [-0.3, -0.25) is 9.59 Å². The summed E-state index contributed by atoms with van der Waals surface area (Å²) in [5.41, 5.74) is 13.9. The second-order valence-electron chi connectivity index (χ2n) is 6.58. The molecule has 2 heterocycles. The van der Waals surface area contributed by atoms with E-state index in [2.05, 4.69) is 10.1 Å². The first kappa shape index (κ1) is 17.6. The molecule has 0 radical (unpaired) electrons. The maximum Gasteiger partial charge on any atom is 0.261 e. The summed E-state index contributed by atoms with van der Waals surface area (Å²) in [4.78, 5) is 26.7. The second-order valence-corrected chi connectivity index (χ2v) is 6.58. The van der Waals surface area contributed by atoms with Crippen molar-refractivity contribution in [1.82, 2.24) is 14.8 Å². The summed E-state index contributed by atoms with van der Waals surface area (Å²) in [6, 6.07) is 12.7. The first-order valence-corrected chi connectivity index (χ1v) is 8.73. The number of nitrogen functional groups attached to an aromatic ring is 1. The molecule has 0 aliphatic heterocycles. The molecule has 28 heavy (non-hydrogen) atoms. The van der Waals surface area contributed by atoms with Crippen molar-refractivity contribution in [3.05, 3.63) is 58.4 Å². The van der Waals surface area contributed by atoms with Crippen LogP contribution in [0.25, 0.3) is 27.5 Å². The number of anilines is 1. The van der Waals surface area contributed by atoms with E-state index in [-0.39, 0.29) is 11.4 Å². The average molecular weight is 377 g/mol. The van der Waals surface area contributed by atoms with Crippen LogP contribution < -0.4 is 21.8 Å². The van der Waals surface area contributed by atoms with E-state index in [1.54, 1.807) is 19.1 Å². The van der Waals surface area contributed by atoms with Crippen LogP contribution in [0.3, 0.4) is 0 Å². The van der Waals surface area contributed by atoms with Crippen LogP contribution in [-0.4, -0.2) is 26.8 Å². The van der Waals surface area contributed by atoms with Crippen LogP contribution in [0.4, 0.5) is 5.82 Å². The number of carbonyl (C=O) groups excluding carboxylic acids is 1. The summed E-state index contributed by atoms with van der Waals surface area (Å²) < 4.78 is 7.17. The molecule has 2 aromatic heterocycles. The number of hydrogen-bond acceptors (Lipinski definition) is 5. The number of carbonyl (C=O) groups is 1. The van der Waals surface area contributed by atoms with Crippen LogP contribution in [0.5, 0.6) is 5.75 Å². The van der Waals surface area contributed by atoms with Crippen molar-refractivity contribution in [2.75, 3.05) is 5.73 Å². The largest absolute Gasteiger partial charge is 0.481 e. The van der Waals surface area contributed by atoms with Gasteiger partial charge in [-0.05, 0) is 32.0 Å². The van der Waals surface area contributed by atoms with Crippen molar-refractivity contribution in [2.45, 2.75) is 20.0 Å². The Hall–Kier alpha value is -3.81. The Balaban J connectivity index is 1.94. The highest BCUT2D eigenvalue weighted by Gasteiger charge is 2.19. The minimum absolute atomic E-state index is 0.227. The number of nitrogens with zero attached hydrogens (tertiary/aromatic N) is 2. The van der Waals surface area contributed by atoms with Gasteiger partial charge in [0.1, 0.15) is 22.5 Å². The fraction of sp³-hybridized carbons (Fsp3) is 0.150. The van der Waals surface area contributed by atoms with Crippen LogP contribution in [0.15, 0.2) is 47.3 Å². The van der Waals surface area contributed by atoms with Crippen molar-refractivity contribution in [3.63, 3.8) is 0 Å². The van der Waals surface area contributed by atoms with Gasteiger partial charge in [0.2, 0.25) is 0 Å². The first-order chi connectivity index (χ1) is 13.4. The minimum Gasteiger partial charge on any atom is -0.481 e. The van der Waals surface area contributed by atoms with Crippen LogP contribution in [0, 0.1) is 6.92 Å². The molecule has 0 bridgehead atoms. The van der Waals surface area contributed by atoms with Gasteiger partial charge in [-0.25, -0.2) is 4.68 Å². The molecule has 0 aliphatic rings. The van der Waals surface area contributed by atoms with Crippen molar-refractivity contribution >= 4 is 33.5 Å². The topological polar surface area (TPSA) is 129 Å². The van der Waals surface area contributed by atoms with Crippen LogP contribution in [0.1, 0.15) is 12.5 Å². The molecule has 8 nitrogen and oxygen atoms in total. The highest BCUT2D eigenvalue weighted by molar-refractivity contribution is 6.06. The van der Waals surface area contributed by atoms with Crippen molar-refractivity contribution < 1.29 is 9.53 Å². The third-order valence-corrected chi connectivity index (χ3v) is 4.77. The number of nitrogens with one attached hydrogen (secondary N) is 1. The number of amides is 1. The normalized spacial score (nSPS) is 12.4. The molecule has 5 N–H and O–H groups in total. The van der Waals surface area contributed by atoms with Crippen LogP contribution in [0.2, 0.25) is 0 Å². The third-order valence-electron chi connectivity index (χ3n) is 4.77. The van der Waals surface area contributed by atoms with E-state index < -0.39 is 12.0 Å². The van der Waals surface area contributed by atoms with Gasteiger partial charge in [0.15, 0.2) is 6.10 Å². The zero-order valence-electron chi connectivity index (χ0n) is 15.4. The molecule has 0 fully saturated rings. The molecule has 4 aromatic rings. The fourth-order valence-corrected chi connectivity index (χ4v) is 3.22. The molecule has 1 unspecified atom stereocenters. The van der Waals surface area contributed by atoms with Gasteiger partial charge in [0.05, 0.1) is 11.2 Å². The second kappa shape index (κ2) is 6.41. The molecule has 0 aliphatic carbocycles. The summed E-state index contributed by atoms with van der Waals surface area (Å²) >= 11 is 0. The molecule has 2 aromatic carbocycles. The lowest BCUT2D eigenvalue weighted by molar-refractivity contribution is -0.123. The lowest BCUT2D eigenvalue weighted by atomic mass is 10.1. The van der Waals surface area contributed by atoms with E-state index in [4.69, 9.17) is 16.2 Å². The predicted molar refractivity (Wildman–Crippen MR) is 108 cm³/mol. The predicted octanol–water partition coefficient (Wildman–Crippen LogP) is 2.01. The highest BCUT2D eigenvalue weighted by Crippen LogP contribution is 2.30. The van der Waals surface area contributed by atoms with Crippen molar-refractivity contribution in [3.8, 4) is 11.4 Å². The number of para-hydroxylation sites is 1. The maximum atomic E-state index is 12.6. The van der Waals surface area contributed by atoms with Crippen LogP contribution in [-0.2, 0) is 4.79 Å². The van der Waals surface area contributed by atoms with E-state index in [1.165, 1.54) is 4.68 Å². The van der Waals surface area contributed by atoms with Crippen LogP contribution >= 0.6 is 0 Å². The summed E-state index contributed by atoms with van der Waals surface area (Å²) in [5.74, 6) is 0.152. The van der Waals surface area contributed by atoms with Crippen molar-refractivity contribution in [1.29, 1.82) is 0 Å². The van der Waals surface area contributed by atoms with Gasteiger partial charge in [-0.15, -0.1) is 0 Å². The first-order valence-electron chi connectivity index (χ1n) is 8.73. The number of fused-ring (bicyclic) bond motifs is 3. The zero-order chi connectivity index (χ0) is 20.0. The quantitative estimate of drug-likeness (QED) is 0.501. The molecule has 0 saturated carbocycles. The third kappa shape index (κ3) is 2.66. The average Bonchev–Trinajstić information content (AvgIpc) is 3.01. The van der Waals surface area contributed by atoms with Gasteiger partial charge in [0, 0.05) is 10.9 Å². The number of rotatable bonds is 4. The molecule has 1 amide bonds. The number of hydrogen-bond donors (Lipinski definition) is 3. The van der Waals surface area contributed by atoms with Gasteiger partial charge < -0.3 is 21.2 Å². The van der Waals surface area contributed by atoms with E-state index in [0.717, 1.165) is 10.9 Å². The summed E-state index contributed by atoms with van der Waals surface area (Å²) in [5, 5.41) is 5.74. The number of H-pyrrole nitrogens is 1. The Kier molecular flexibility index (Phi) is 4.03. The fourth-order valence-electron chi connectivity index (χ4n) is 3.22. The highest BCUT2D eigenvalue weighted by atomic mass is 16.5. The molecule has 8 heteroatoms. The lowest BCUT2D eigenvalue weighted by Crippen LogP contribution is -2.30. The van der Waals surface area contributed by atoms with E-state index in [0.29, 0.717) is 27.9 Å². The molecular weight excluding hydrogens is 358 g/mol. The molecule has 0 saturated heterocycles. The number of nitrogens with two attached hydrogens (primary N) is 2. The van der Waals surface area contributed by atoms with E-state index in [1.807, 2.05) is 37.3 Å². The molecule has 1 atom stereocenters. The number of aromatic amines is 1. The SMILES string of the molecule is Cc1c(OC(C)C(N)=O)cccc1-n1nc2c(c1N)c(=O)[nH]c1ccccc12. The molecule has 0 spiro atoms. The number of aromatic nitrogens is 3. The van der Waals surface area contributed by atoms with Gasteiger partial charge >= 0.3 is 0 Å². The standard InChI is InChI=1S/C20H19N5O3/c1-10-14(8-5-9-15(10)28-11(2)19(22)26)25-18(21)16-17(24-25)12-6-3-4-7-13(12)23-20(16)27/h3-9,11H,21H2,1-2H3,(H2,22,26)(H,23,27). The Morgan fingerprint density at radius 3 is 2.71 bits per heavy atom. The zero-order valence-corrected chi connectivity index (χ0v) is 15.4. The van der Waals surface area contributed by atoms with Gasteiger partial charge in [0.25, 0.3) is 11.5 Å². The van der Waals surface area contributed by atoms with Crippen molar-refractivity contribution in [2.24, 2.45) is 5.73 Å². The maximum absolute atomic E-state index is 12.6.